The summed E-state index contributed by atoms with van der Waals surface area (Å²) >= 11 is 0. The summed E-state index contributed by atoms with van der Waals surface area (Å²) in [6.07, 6.45) is 1.29. The van der Waals surface area contributed by atoms with Gasteiger partial charge in [0.25, 0.3) is 0 Å². The number of anilines is 1. The lowest BCUT2D eigenvalue weighted by molar-refractivity contribution is 0.0694. The van der Waals surface area contributed by atoms with Gasteiger partial charge in [-0.05, 0) is 20.0 Å². The van der Waals surface area contributed by atoms with Crippen molar-refractivity contribution < 1.29 is 18.5 Å². The summed E-state index contributed by atoms with van der Waals surface area (Å²) in [6.45, 7) is 4.51. The molecule has 0 saturated carbocycles. The van der Waals surface area contributed by atoms with Crippen LogP contribution in [0, 0.1) is 5.82 Å². The van der Waals surface area contributed by atoms with Gasteiger partial charge in [0.1, 0.15) is 11.4 Å². The summed E-state index contributed by atoms with van der Waals surface area (Å²) < 4.78 is 29.7. The number of rotatable bonds is 2. The third-order valence-corrected chi connectivity index (χ3v) is 6.97. The number of benzene rings is 1. The molecule has 1 unspecified atom stereocenters. The van der Waals surface area contributed by atoms with Gasteiger partial charge < -0.3 is 19.5 Å². The highest BCUT2D eigenvalue weighted by Gasteiger charge is 2.33. The topological polar surface area (TPSA) is 82.8 Å². The SMILES string of the molecule is CC1C[S@@](=O)c2c(N3CCN(C)CC3)c(F)cc3c(=O)c(C(=O)O)cn1c23. The second-order valence-electron chi connectivity index (χ2n) is 7.17. The Morgan fingerprint density at radius 1 is 1.30 bits per heavy atom. The number of piperazine rings is 1. The highest BCUT2D eigenvalue weighted by Crippen LogP contribution is 2.39. The van der Waals surface area contributed by atoms with Crippen LogP contribution >= 0.6 is 0 Å². The number of aromatic carboxylic acids is 1. The van der Waals surface area contributed by atoms with Crippen molar-refractivity contribution in [1.82, 2.24) is 9.47 Å². The lowest BCUT2D eigenvalue weighted by Gasteiger charge is -2.37. The first-order valence-electron chi connectivity index (χ1n) is 8.76. The number of nitrogens with zero attached hydrogens (tertiary/aromatic N) is 3. The van der Waals surface area contributed by atoms with Crippen LogP contribution in [0.2, 0.25) is 0 Å². The van der Waals surface area contributed by atoms with E-state index >= 15 is 4.39 Å². The average molecular weight is 393 g/mol. The molecule has 0 bridgehead atoms. The molecular weight excluding hydrogens is 373 g/mol. The van der Waals surface area contributed by atoms with Crippen molar-refractivity contribution in [3.63, 3.8) is 0 Å². The zero-order valence-corrected chi connectivity index (χ0v) is 15.9. The van der Waals surface area contributed by atoms with Gasteiger partial charge in [0.2, 0.25) is 5.43 Å². The molecule has 0 spiro atoms. The Kier molecular flexibility index (Phi) is 4.31. The summed E-state index contributed by atoms with van der Waals surface area (Å²) in [5.74, 6) is -1.74. The maximum Gasteiger partial charge on any atom is 0.341 e. The number of hydrogen-bond donors (Lipinski definition) is 1. The molecule has 2 aliphatic rings. The Morgan fingerprint density at radius 3 is 2.59 bits per heavy atom. The van der Waals surface area contributed by atoms with Gasteiger partial charge in [-0.25, -0.2) is 9.18 Å². The van der Waals surface area contributed by atoms with E-state index in [9.17, 15) is 18.9 Å². The Morgan fingerprint density at radius 2 is 1.96 bits per heavy atom. The van der Waals surface area contributed by atoms with Crippen molar-refractivity contribution in [2.45, 2.75) is 17.9 Å². The van der Waals surface area contributed by atoms with E-state index in [4.69, 9.17) is 0 Å². The molecule has 2 aliphatic heterocycles. The quantitative estimate of drug-likeness (QED) is 0.828. The van der Waals surface area contributed by atoms with Gasteiger partial charge in [-0.2, -0.15) is 0 Å². The van der Waals surface area contributed by atoms with Crippen molar-refractivity contribution >= 4 is 33.4 Å². The van der Waals surface area contributed by atoms with Crippen LogP contribution in [-0.2, 0) is 10.8 Å². The zero-order valence-electron chi connectivity index (χ0n) is 15.1. The Balaban J connectivity index is 2.06. The molecule has 1 aromatic carbocycles. The van der Waals surface area contributed by atoms with Crippen molar-refractivity contribution in [2.75, 3.05) is 43.9 Å². The molecule has 3 heterocycles. The lowest BCUT2D eigenvalue weighted by Crippen LogP contribution is -2.45. The van der Waals surface area contributed by atoms with Crippen molar-refractivity contribution in [3.05, 3.63) is 33.9 Å². The smallest absolute Gasteiger partial charge is 0.341 e. The Bertz CT molecular complexity index is 1040. The predicted molar refractivity (Wildman–Crippen MR) is 101 cm³/mol. The molecule has 1 fully saturated rings. The Hall–Kier alpha value is -2.26. The molecule has 0 amide bonds. The molecule has 9 heteroatoms. The number of carboxylic acids is 1. The van der Waals surface area contributed by atoms with Gasteiger partial charge in [-0.1, -0.05) is 0 Å². The number of aromatic nitrogens is 1. The molecular formula is C18H20FN3O4S. The fourth-order valence-electron chi connectivity index (χ4n) is 3.87. The van der Waals surface area contributed by atoms with Crippen molar-refractivity contribution in [1.29, 1.82) is 0 Å². The molecule has 144 valence electrons. The maximum absolute atomic E-state index is 15.1. The van der Waals surface area contributed by atoms with Crippen molar-refractivity contribution in [2.24, 2.45) is 0 Å². The molecule has 1 N–H and O–H groups in total. The minimum atomic E-state index is -1.48. The zero-order chi connectivity index (χ0) is 19.5. The third kappa shape index (κ3) is 2.76. The fourth-order valence-corrected chi connectivity index (χ4v) is 5.50. The standard InChI is InChI=1S/C18H20FN3O4S/c1-10-9-27(26)17-14-11(16(23)12(18(24)25)8-22(10)14)7-13(19)15(17)21-5-3-20(2)4-6-21/h7-8,10H,3-6,9H2,1-2H3,(H,24,25)/t10?,27-/m1/s1. The first-order chi connectivity index (χ1) is 12.8. The van der Waals surface area contributed by atoms with Crippen LogP contribution in [0.1, 0.15) is 23.3 Å². The molecule has 1 saturated heterocycles. The molecule has 2 aromatic rings. The molecule has 27 heavy (non-hydrogen) atoms. The van der Waals surface area contributed by atoms with Crippen LogP contribution in [0.3, 0.4) is 0 Å². The van der Waals surface area contributed by atoms with Gasteiger partial charge in [0, 0.05) is 44.2 Å². The monoisotopic (exact) mass is 393 g/mol. The number of carboxylic acid groups (broad SMARTS) is 1. The molecule has 1 aromatic heterocycles. The van der Waals surface area contributed by atoms with Crippen LogP contribution in [0.4, 0.5) is 10.1 Å². The number of pyridine rings is 1. The Labute approximate surface area is 157 Å². The van der Waals surface area contributed by atoms with Crippen LogP contribution in [0.25, 0.3) is 10.9 Å². The first kappa shape index (κ1) is 18.1. The second kappa shape index (κ2) is 6.42. The molecule has 0 radical (unpaired) electrons. The third-order valence-electron chi connectivity index (χ3n) is 5.34. The van der Waals surface area contributed by atoms with E-state index in [1.165, 1.54) is 6.20 Å². The van der Waals surface area contributed by atoms with Gasteiger partial charge in [-0.3, -0.25) is 9.00 Å². The van der Waals surface area contributed by atoms with Crippen molar-refractivity contribution in [3.8, 4) is 0 Å². The molecule has 4 rings (SSSR count). The van der Waals surface area contributed by atoms with Crippen LogP contribution < -0.4 is 10.3 Å². The molecule has 0 aliphatic carbocycles. The number of likely N-dealkylation sites (N-methyl/N-ethyl adjacent to an activating group) is 1. The van der Waals surface area contributed by atoms with Gasteiger partial charge >= 0.3 is 5.97 Å². The first-order valence-corrected chi connectivity index (χ1v) is 10.1. The molecule has 2 atom stereocenters. The summed E-state index contributed by atoms with van der Waals surface area (Å²) in [4.78, 5) is 28.4. The van der Waals surface area contributed by atoms with Gasteiger partial charge in [0.05, 0.1) is 32.3 Å². The van der Waals surface area contributed by atoms with E-state index in [0.717, 1.165) is 19.2 Å². The van der Waals surface area contributed by atoms with E-state index < -0.39 is 33.6 Å². The molecule has 7 nitrogen and oxygen atoms in total. The lowest BCUT2D eigenvalue weighted by atomic mass is 10.1. The van der Waals surface area contributed by atoms with Crippen LogP contribution in [-0.4, -0.2) is 63.7 Å². The van der Waals surface area contributed by atoms with Crippen LogP contribution in [0.15, 0.2) is 22.0 Å². The highest BCUT2D eigenvalue weighted by molar-refractivity contribution is 7.85. The van der Waals surface area contributed by atoms with E-state index in [1.54, 1.807) is 4.57 Å². The summed E-state index contributed by atoms with van der Waals surface area (Å²) in [5.41, 5.74) is -0.487. The second-order valence-corrected chi connectivity index (χ2v) is 8.60. The van der Waals surface area contributed by atoms with E-state index in [2.05, 4.69) is 4.90 Å². The summed E-state index contributed by atoms with van der Waals surface area (Å²) in [6, 6.07) is 0.845. The minimum absolute atomic E-state index is 0.0276. The van der Waals surface area contributed by atoms with Gasteiger partial charge in [-0.15, -0.1) is 0 Å². The van der Waals surface area contributed by atoms with E-state index in [1.807, 2.05) is 18.9 Å². The summed E-state index contributed by atoms with van der Waals surface area (Å²) in [7, 11) is 0.510. The largest absolute Gasteiger partial charge is 0.477 e. The maximum atomic E-state index is 15.1. The summed E-state index contributed by atoms with van der Waals surface area (Å²) in [5, 5.41) is 9.32. The minimum Gasteiger partial charge on any atom is -0.477 e. The fraction of sp³-hybridized carbons (Fsp3) is 0.444. The van der Waals surface area contributed by atoms with E-state index in [0.29, 0.717) is 23.5 Å². The number of hydrogen-bond acceptors (Lipinski definition) is 5. The van der Waals surface area contributed by atoms with Gasteiger partial charge in [0.15, 0.2) is 0 Å². The normalized spacial score (nSPS) is 23.0. The number of halogens is 1. The highest BCUT2D eigenvalue weighted by atomic mass is 32.2. The number of carbonyl (C=O) groups is 1. The van der Waals surface area contributed by atoms with Crippen LogP contribution in [0.5, 0.6) is 0 Å². The van der Waals surface area contributed by atoms with E-state index in [-0.39, 0.29) is 22.9 Å². The predicted octanol–water partition coefficient (Wildman–Crippen LogP) is 1.27. The average Bonchev–Trinajstić information content (AvgIpc) is 2.61.